The van der Waals surface area contributed by atoms with Gasteiger partial charge in [-0.3, -0.25) is 0 Å². The van der Waals surface area contributed by atoms with Gasteiger partial charge < -0.3 is 10.5 Å². The zero-order valence-corrected chi connectivity index (χ0v) is 8.06. The lowest BCUT2D eigenvalue weighted by atomic mass is 9.94. The van der Waals surface area contributed by atoms with Crippen LogP contribution in [0.25, 0.3) is 0 Å². The van der Waals surface area contributed by atoms with E-state index < -0.39 is 15.4 Å². The van der Waals surface area contributed by atoms with Gasteiger partial charge >= 0.3 is 0 Å². The van der Waals surface area contributed by atoms with E-state index in [2.05, 4.69) is 0 Å². The average Bonchev–Trinajstić information content (AvgIpc) is 1.83. The Hall–Kier alpha value is -0.130. The first kappa shape index (κ1) is 9.95. The van der Waals surface area contributed by atoms with Crippen molar-refractivity contribution in [3.8, 4) is 0 Å². The van der Waals surface area contributed by atoms with Crippen LogP contribution >= 0.6 is 0 Å². The van der Waals surface area contributed by atoms with Crippen molar-refractivity contribution in [2.45, 2.75) is 18.4 Å². The minimum Gasteiger partial charge on any atom is -0.381 e. The van der Waals surface area contributed by atoms with Crippen LogP contribution in [0.5, 0.6) is 0 Å². The summed E-state index contributed by atoms with van der Waals surface area (Å²) in [5.74, 6) is 0.0728. The normalized spacial score (nSPS) is 23.8. The molecule has 0 aromatic carbocycles. The van der Waals surface area contributed by atoms with Crippen LogP contribution in [-0.4, -0.2) is 39.2 Å². The fourth-order valence-electron chi connectivity index (χ4n) is 1.44. The molecule has 1 rings (SSSR count). The van der Waals surface area contributed by atoms with Crippen LogP contribution in [0.3, 0.4) is 0 Å². The van der Waals surface area contributed by atoms with Crippen LogP contribution in [-0.2, 0) is 14.6 Å². The molecule has 1 saturated heterocycles. The summed E-state index contributed by atoms with van der Waals surface area (Å²) in [7, 11) is -2.96. The predicted octanol–water partition coefficient (Wildman–Crippen LogP) is -0.461. The highest BCUT2D eigenvalue weighted by Crippen LogP contribution is 2.19. The zero-order chi connectivity index (χ0) is 9.24. The van der Waals surface area contributed by atoms with Gasteiger partial charge in [0, 0.05) is 25.0 Å². The number of rotatable bonds is 2. The van der Waals surface area contributed by atoms with Gasteiger partial charge in [-0.1, -0.05) is 0 Å². The Bertz CT molecular complexity index is 241. The van der Waals surface area contributed by atoms with Gasteiger partial charge in [-0.05, 0) is 12.8 Å². The van der Waals surface area contributed by atoms with E-state index in [1.807, 2.05) is 0 Å². The van der Waals surface area contributed by atoms with Gasteiger partial charge in [-0.15, -0.1) is 0 Å². The van der Waals surface area contributed by atoms with Crippen LogP contribution in [0.15, 0.2) is 0 Å². The molecule has 0 saturated carbocycles. The third-order valence-electron chi connectivity index (χ3n) is 2.04. The standard InChI is InChI=1S/C7H15NO3S/c1-12(9,10)6-7(8)2-4-11-5-3-7/h2-6,8H2,1H3. The highest BCUT2D eigenvalue weighted by molar-refractivity contribution is 7.90. The minimum atomic E-state index is -2.96. The summed E-state index contributed by atoms with van der Waals surface area (Å²) < 4.78 is 27.1. The average molecular weight is 193 g/mol. The van der Waals surface area contributed by atoms with Crippen LogP contribution in [0, 0.1) is 0 Å². The molecule has 5 heteroatoms. The molecular formula is C7H15NO3S. The van der Waals surface area contributed by atoms with Crippen molar-refractivity contribution in [1.82, 2.24) is 0 Å². The second kappa shape index (κ2) is 3.32. The summed E-state index contributed by atoms with van der Waals surface area (Å²) in [6.45, 7) is 1.15. The summed E-state index contributed by atoms with van der Waals surface area (Å²) >= 11 is 0. The summed E-state index contributed by atoms with van der Waals surface area (Å²) in [6, 6.07) is 0. The first-order valence-corrected chi connectivity index (χ1v) is 6.02. The molecule has 0 aromatic rings. The van der Waals surface area contributed by atoms with Gasteiger partial charge in [0.05, 0.1) is 5.75 Å². The van der Waals surface area contributed by atoms with Crippen molar-refractivity contribution >= 4 is 9.84 Å². The molecule has 1 fully saturated rings. The summed E-state index contributed by atoms with van der Waals surface area (Å²) in [6.07, 6.45) is 2.50. The molecule has 72 valence electrons. The number of hydrogen-bond acceptors (Lipinski definition) is 4. The second-order valence-corrected chi connectivity index (χ2v) is 5.69. The Morgan fingerprint density at radius 3 is 2.33 bits per heavy atom. The lowest BCUT2D eigenvalue weighted by molar-refractivity contribution is 0.0604. The molecule has 0 unspecified atom stereocenters. The van der Waals surface area contributed by atoms with Crippen LogP contribution < -0.4 is 5.73 Å². The predicted molar refractivity (Wildman–Crippen MR) is 46.7 cm³/mol. The third kappa shape index (κ3) is 3.08. The van der Waals surface area contributed by atoms with Gasteiger partial charge in [0.25, 0.3) is 0 Å². The number of nitrogens with two attached hydrogens (primary N) is 1. The molecule has 1 heterocycles. The molecule has 1 aliphatic rings. The Labute approximate surface area is 73.0 Å². The Morgan fingerprint density at radius 2 is 1.92 bits per heavy atom. The molecule has 0 bridgehead atoms. The lowest BCUT2D eigenvalue weighted by Crippen LogP contribution is -2.50. The smallest absolute Gasteiger partial charge is 0.149 e. The number of hydrogen-bond donors (Lipinski definition) is 1. The molecule has 2 N–H and O–H groups in total. The quantitative estimate of drug-likeness (QED) is 0.644. The van der Waals surface area contributed by atoms with E-state index in [-0.39, 0.29) is 5.75 Å². The summed E-state index contributed by atoms with van der Waals surface area (Å²) in [4.78, 5) is 0. The van der Waals surface area contributed by atoms with Crippen molar-refractivity contribution in [1.29, 1.82) is 0 Å². The minimum absolute atomic E-state index is 0.0728. The van der Waals surface area contributed by atoms with Gasteiger partial charge in [-0.2, -0.15) is 0 Å². The van der Waals surface area contributed by atoms with Crippen molar-refractivity contribution in [2.24, 2.45) is 5.73 Å². The first-order valence-electron chi connectivity index (χ1n) is 3.96. The van der Waals surface area contributed by atoms with E-state index in [0.29, 0.717) is 26.1 Å². The van der Waals surface area contributed by atoms with Gasteiger partial charge in [0.15, 0.2) is 0 Å². The molecule has 0 aromatic heterocycles. The van der Waals surface area contributed by atoms with Gasteiger partial charge in [0.2, 0.25) is 0 Å². The fraction of sp³-hybridized carbons (Fsp3) is 1.00. The molecule has 12 heavy (non-hydrogen) atoms. The molecule has 0 atom stereocenters. The zero-order valence-electron chi connectivity index (χ0n) is 7.25. The largest absolute Gasteiger partial charge is 0.381 e. The molecule has 0 radical (unpaired) electrons. The van der Waals surface area contributed by atoms with E-state index in [1.54, 1.807) is 0 Å². The number of ether oxygens (including phenoxy) is 1. The maximum atomic E-state index is 11.0. The maximum Gasteiger partial charge on any atom is 0.149 e. The summed E-state index contributed by atoms with van der Waals surface area (Å²) in [5.41, 5.74) is 5.34. The second-order valence-electron chi connectivity index (χ2n) is 3.54. The molecule has 0 aliphatic carbocycles. The van der Waals surface area contributed by atoms with E-state index in [4.69, 9.17) is 10.5 Å². The van der Waals surface area contributed by atoms with Crippen LogP contribution in [0.2, 0.25) is 0 Å². The molecule has 1 aliphatic heterocycles. The molecule has 0 amide bonds. The van der Waals surface area contributed by atoms with Crippen LogP contribution in [0.4, 0.5) is 0 Å². The maximum absolute atomic E-state index is 11.0. The topological polar surface area (TPSA) is 69.4 Å². The van der Waals surface area contributed by atoms with Gasteiger partial charge in [-0.25, -0.2) is 8.42 Å². The van der Waals surface area contributed by atoms with E-state index in [9.17, 15) is 8.42 Å². The third-order valence-corrected chi connectivity index (χ3v) is 3.14. The highest BCUT2D eigenvalue weighted by Gasteiger charge is 2.31. The summed E-state index contributed by atoms with van der Waals surface area (Å²) in [5, 5.41) is 0. The van der Waals surface area contributed by atoms with Gasteiger partial charge in [0.1, 0.15) is 9.84 Å². The Kier molecular flexibility index (Phi) is 2.75. The molecular weight excluding hydrogens is 178 g/mol. The molecule has 4 nitrogen and oxygen atoms in total. The van der Waals surface area contributed by atoms with E-state index >= 15 is 0 Å². The first-order chi connectivity index (χ1) is 5.41. The Balaban J connectivity index is 2.59. The van der Waals surface area contributed by atoms with Crippen molar-refractivity contribution in [3.05, 3.63) is 0 Å². The van der Waals surface area contributed by atoms with Crippen molar-refractivity contribution in [2.75, 3.05) is 25.2 Å². The van der Waals surface area contributed by atoms with Crippen molar-refractivity contribution < 1.29 is 13.2 Å². The SMILES string of the molecule is CS(=O)(=O)CC1(N)CCOCC1. The monoisotopic (exact) mass is 193 g/mol. The highest BCUT2D eigenvalue weighted by atomic mass is 32.2. The van der Waals surface area contributed by atoms with Crippen molar-refractivity contribution in [3.63, 3.8) is 0 Å². The Morgan fingerprint density at radius 1 is 1.42 bits per heavy atom. The van der Waals surface area contributed by atoms with E-state index in [0.717, 1.165) is 0 Å². The van der Waals surface area contributed by atoms with E-state index in [1.165, 1.54) is 6.26 Å². The fourth-order valence-corrected chi connectivity index (χ4v) is 2.78. The lowest BCUT2D eigenvalue weighted by Gasteiger charge is -2.32. The number of sulfone groups is 1. The van der Waals surface area contributed by atoms with Crippen LogP contribution in [0.1, 0.15) is 12.8 Å². The molecule has 0 spiro atoms.